The highest BCUT2D eigenvalue weighted by Gasteiger charge is 2.08. The maximum Gasteiger partial charge on any atom is 0.190 e. The van der Waals surface area contributed by atoms with Gasteiger partial charge in [0, 0.05) is 25.4 Å². The van der Waals surface area contributed by atoms with Crippen LogP contribution in [0.4, 0.5) is 0 Å². The Hall–Kier alpha value is -0.590. The van der Waals surface area contributed by atoms with E-state index in [0.717, 1.165) is 5.16 Å². The molecule has 0 fully saturated rings. The summed E-state index contributed by atoms with van der Waals surface area (Å²) in [6.07, 6.45) is 1.30. The Kier molecular flexibility index (Phi) is 5.07. The lowest BCUT2D eigenvalue weighted by Crippen LogP contribution is -2.33. The summed E-state index contributed by atoms with van der Waals surface area (Å²) < 4.78 is 1.84. The van der Waals surface area contributed by atoms with Crippen molar-refractivity contribution in [3.8, 4) is 0 Å². The Morgan fingerprint density at radius 2 is 2.33 bits per heavy atom. The number of nitrogens with one attached hydrogen (secondary N) is 1. The number of hydrogen-bond acceptors (Lipinski definition) is 5. The first-order valence-corrected chi connectivity index (χ1v) is 5.96. The predicted molar refractivity (Wildman–Crippen MR) is 60.9 cm³/mol. The lowest BCUT2D eigenvalue weighted by molar-refractivity contribution is 0.192. The van der Waals surface area contributed by atoms with Crippen molar-refractivity contribution in [2.24, 2.45) is 7.05 Å². The number of hydrogen-bond donors (Lipinski definition) is 2. The van der Waals surface area contributed by atoms with Gasteiger partial charge in [-0.05, 0) is 0 Å². The van der Waals surface area contributed by atoms with Crippen LogP contribution in [0.15, 0.2) is 11.5 Å². The van der Waals surface area contributed by atoms with E-state index < -0.39 is 0 Å². The topological polar surface area (TPSA) is 63.0 Å². The maximum atomic E-state index is 9.65. The molecule has 1 unspecified atom stereocenters. The Labute approximate surface area is 94.3 Å². The maximum absolute atomic E-state index is 9.65. The normalized spacial score (nSPS) is 13.4. The zero-order chi connectivity index (χ0) is 11.3. The van der Waals surface area contributed by atoms with Gasteiger partial charge in [-0.1, -0.05) is 25.6 Å². The average Bonchev–Trinajstić information content (AvgIpc) is 2.58. The highest BCUT2D eigenvalue weighted by atomic mass is 32.2. The molecule has 5 nitrogen and oxygen atoms in total. The molecule has 1 atom stereocenters. The van der Waals surface area contributed by atoms with E-state index in [4.69, 9.17) is 0 Å². The first kappa shape index (κ1) is 12.5. The van der Waals surface area contributed by atoms with Gasteiger partial charge in [-0.2, -0.15) is 0 Å². The minimum Gasteiger partial charge on any atom is -0.391 e. The van der Waals surface area contributed by atoms with Gasteiger partial charge in [0.1, 0.15) is 6.33 Å². The van der Waals surface area contributed by atoms with Gasteiger partial charge in [-0.25, -0.2) is 0 Å². The molecule has 1 aromatic heterocycles. The summed E-state index contributed by atoms with van der Waals surface area (Å²) in [5.74, 6) is 0.631. The zero-order valence-electron chi connectivity index (χ0n) is 9.34. The molecule has 0 aliphatic rings. The summed E-state index contributed by atoms with van der Waals surface area (Å²) in [5, 5.41) is 21.4. The summed E-state index contributed by atoms with van der Waals surface area (Å²) in [7, 11) is 1.89. The third-order valence-corrected chi connectivity index (χ3v) is 3.02. The summed E-state index contributed by atoms with van der Waals surface area (Å²) in [4.78, 5) is 0. The quantitative estimate of drug-likeness (QED) is 0.687. The molecule has 0 aromatic carbocycles. The van der Waals surface area contributed by atoms with Gasteiger partial charge < -0.3 is 15.0 Å². The van der Waals surface area contributed by atoms with Crippen LogP contribution < -0.4 is 5.32 Å². The molecule has 0 aliphatic heterocycles. The number of nitrogens with zero attached hydrogens (tertiary/aromatic N) is 3. The molecular formula is C9H18N4OS. The SMILES string of the molecule is CC(C)NCC(O)CSc1nncn1C. The second-order valence-electron chi connectivity index (χ2n) is 3.75. The second-order valence-corrected chi connectivity index (χ2v) is 4.74. The third-order valence-electron chi connectivity index (χ3n) is 1.84. The molecule has 0 bridgehead atoms. The first-order valence-electron chi connectivity index (χ1n) is 4.98. The van der Waals surface area contributed by atoms with Crippen LogP contribution in [-0.4, -0.2) is 44.3 Å². The standard InChI is InChI=1S/C9H18N4OS/c1-7(2)10-4-8(14)5-15-9-12-11-6-13(9)3/h6-8,10,14H,4-5H2,1-3H3. The van der Waals surface area contributed by atoms with Crippen LogP contribution in [0.25, 0.3) is 0 Å². The molecular weight excluding hydrogens is 212 g/mol. The largest absolute Gasteiger partial charge is 0.391 e. The molecule has 86 valence electrons. The van der Waals surface area contributed by atoms with Crippen molar-refractivity contribution in [2.75, 3.05) is 12.3 Å². The Bertz CT molecular complexity index is 289. The van der Waals surface area contributed by atoms with Crippen molar-refractivity contribution < 1.29 is 5.11 Å². The number of thioether (sulfide) groups is 1. The molecule has 1 rings (SSSR count). The molecule has 6 heteroatoms. The molecule has 0 saturated carbocycles. The van der Waals surface area contributed by atoms with Crippen molar-refractivity contribution in [1.82, 2.24) is 20.1 Å². The van der Waals surface area contributed by atoms with Crippen LogP contribution in [0.3, 0.4) is 0 Å². The molecule has 1 heterocycles. The minimum atomic E-state index is -0.353. The van der Waals surface area contributed by atoms with Crippen LogP contribution in [0.5, 0.6) is 0 Å². The fraction of sp³-hybridized carbons (Fsp3) is 0.778. The first-order chi connectivity index (χ1) is 7.09. The van der Waals surface area contributed by atoms with E-state index in [9.17, 15) is 5.11 Å². The number of aliphatic hydroxyl groups is 1. The smallest absolute Gasteiger partial charge is 0.190 e. The summed E-state index contributed by atoms with van der Waals surface area (Å²) >= 11 is 1.51. The van der Waals surface area contributed by atoms with E-state index in [0.29, 0.717) is 18.3 Å². The van der Waals surface area contributed by atoms with Crippen molar-refractivity contribution >= 4 is 11.8 Å². The fourth-order valence-corrected chi connectivity index (χ4v) is 1.82. The highest BCUT2D eigenvalue weighted by Crippen LogP contribution is 2.14. The number of rotatable bonds is 6. The van der Waals surface area contributed by atoms with Gasteiger partial charge in [0.05, 0.1) is 6.10 Å². The van der Waals surface area contributed by atoms with Gasteiger partial charge in [0.25, 0.3) is 0 Å². The van der Waals surface area contributed by atoms with Gasteiger partial charge >= 0.3 is 0 Å². The summed E-state index contributed by atoms with van der Waals surface area (Å²) in [5.41, 5.74) is 0. The van der Waals surface area contributed by atoms with Gasteiger partial charge in [-0.3, -0.25) is 0 Å². The predicted octanol–water partition coefficient (Wildman–Crippen LogP) is 0.266. The van der Waals surface area contributed by atoms with E-state index in [1.807, 2.05) is 11.6 Å². The molecule has 0 radical (unpaired) electrons. The minimum absolute atomic E-state index is 0.353. The average molecular weight is 230 g/mol. The molecule has 0 saturated heterocycles. The van der Waals surface area contributed by atoms with Crippen LogP contribution in [0.1, 0.15) is 13.8 Å². The van der Waals surface area contributed by atoms with E-state index in [1.54, 1.807) is 6.33 Å². The van der Waals surface area contributed by atoms with E-state index in [2.05, 4.69) is 29.4 Å². The van der Waals surface area contributed by atoms with Crippen LogP contribution in [0.2, 0.25) is 0 Å². The third kappa shape index (κ3) is 4.63. The van der Waals surface area contributed by atoms with Crippen LogP contribution >= 0.6 is 11.8 Å². The van der Waals surface area contributed by atoms with Crippen molar-refractivity contribution in [3.63, 3.8) is 0 Å². The van der Waals surface area contributed by atoms with E-state index in [1.165, 1.54) is 11.8 Å². The molecule has 0 aliphatic carbocycles. The summed E-state index contributed by atoms with van der Waals surface area (Å²) in [6.45, 7) is 4.73. The lowest BCUT2D eigenvalue weighted by Gasteiger charge is -2.13. The number of aryl methyl sites for hydroxylation is 1. The van der Waals surface area contributed by atoms with Crippen molar-refractivity contribution in [2.45, 2.75) is 31.1 Å². The van der Waals surface area contributed by atoms with Crippen LogP contribution in [-0.2, 0) is 7.05 Å². The monoisotopic (exact) mass is 230 g/mol. The number of aromatic nitrogens is 3. The second kappa shape index (κ2) is 6.09. The zero-order valence-corrected chi connectivity index (χ0v) is 10.2. The van der Waals surface area contributed by atoms with E-state index in [-0.39, 0.29) is 6.10 Å². The lowest BCUT2D eigenvalue weighted by atomic mass is 10.3. The van der Waals surface area contributed by atoms with Gasteiger partial charge in [0.15, 0.2) is 5.16 Å². The molecule has 15 heavy (non-hydrogen) atoms. The Balaban J connectivity index is 2.22. The fourth-order valence-electron chi connectivity index (χ4n) is 1.00. The van der Waals surface area contributed by atoms with E-state index >= 15 is 0 Å². The summed E-state index contributed by atoms with van der Waals surface area (Å²) in [6, 6.07) is 0.402. The molecule has 0 amide bonds. The molecule has 2 N–H and O–H groups in total. The Morgan fingerprint density at radius 1 is 1.60 bits per heavy atom. The van der Waals surface area contributed by atoms with Gasteiger partial charge in [-0.15, -0.1) is 10.2 Å². The number of aliphatic hydroxyl groups excluding tert-OH is 1. The van der Waals surface area contributed by atoms with Crippen LogP contribution in [0, 0.1) is 0 Å². The van der Waals surface area contributed by atoms with Gasteiger partial charge in [0.2, 0.25) is 0 Å². The molecule has 0 spiro atoms. The van der Waals surface area contributed by atoms with Crippen molar-refractivity contribution in [3.05, 3.63) is 6.33 Å². The van der Waals surface area contributed by atoms with Crippen molar-refractivity contribution in [1.29, 1.82) is 0 Å². The molecule has 1 aromatic rings. The highest BCUT2D eigenvalue weighted by molar-refractivity contribution is 7.99. The Morgan fingerprint density at radius 3 is 2.87 bits per heavy atom.